The van der Waals surface area contributed by atoms with Crippen LogP contribution in [0.5, 0.6) is 0 Å². The first-order valence-corrected chi connectivity index (χ1v) is 10.4. The minimum Gasteiger partial charge on any atom is -0.371 e. The maximum absolute atomic E-state index is 13.1. The Morgan fingerprint density at radius 2 is 1.73 bits per heavy atom. The Labute approximate surface area is 177 Å². The Balaban J connectivity index is 1.64. The van der Waals surface area contributed by atoms with Crippen LogP contribution in [0, 0.1) is 13.8 Å². The summed E-state index contributed by atoms with van der Waals surface area (Å²) in [6, 6.07) is 9.91. The predicted molar refractivity (Wildman–Crippen MR) is 119 cm³/mol. The number of benzene rings is 1. The van der Waals surface area contributed by atoms with Gasteiger partial charge in [-0.25, -0.2) is 9.97 Å². The lowest BCUT2D eigenvalue weighted by Gasteiger charge is -2.20. The molecule has 0 radical (unpaired) electrons. The zero-order valence-corrected chi connectivity index (χ0v) is 17.7. The lowest BCUT2D eigenvalue weighted by Crippen LogP contribution is -2.27. The average molecular weight is 402 g/mol. The average Bonchev–Trinajstić information content (AvgIpc) is 3.29. The molecule has 1 saturated heterocycles. The van der Waals surface area contributed by atoms with E-state index in [0.29, 0.717) is 11.4 Å². The number of pyridine rings is 1. The highest BCUT2D eigenvalue weighted by Gasteiger charge is 2.18. The van der Waals surface area contributed by atoms with Crippen molar-refractivity contribution in [3.8, 4) is 11.3 Å². The number of anilines is 1. The number of amides is 1. The number of nitrogens with one attached hydrogen (secondary N) is 1. The summed E-state index contributed by atoms with van der Waals surface area (Å²) in [4.78, 5) is 28.5. The molecule has 3 heterocycles. The summed E-state index contributed by atoms with van der Waals surface area (Å²) < 4.78 is 0. The topological polar surface area (TPSA) is 71.0 Å². The van der Waals surface area contributed by atoms with Gasteiger partial charge in [-0.3, -0.25) is 9.78 Å². The molecule has 4 rings (SSSR count). The number of carbonyl (C=O) groups is 1. The van der Waals surface area contributed by atoms with E-state index in [-0.39, 0.29) is 11.9 Å². The summed E-state index contributed by atoms with van der Waals surface area (Å²) in [5.74, 6) is 0.600. The molecule has 6 heteroatoms. The van der Waals surface area contributed by atoms with Crippen molar-refractivity contribution in [1.29, 1.82) is 0 Å². The molecule has 0 aliphatic carbocycles. The lowest BCUT2D eigenvalue weighted by molar-refractivity contribution is 0.0940. The van der Waals surface area contributed by atoms with E-state index in [1.165, 1.54) is 12.8 Å². The fourth-order valence-corrected chi connectivity index (χ4v) is 3.68. The van der Waals surface area contributed by atoms with Crippen LogP contribution in [0.3, 0.4) is 0 Å². The highest BCUT2D eigenvalue weighted by atomic mass is 16.1. The van der Waals surface area contributed by atoms with E-state index in [1.807, 2.05) is 51.2 Å². The first-order valence-electron chi connectivity index (χ1n) is 10.4. The fourth-order valence-electron chi connectivity index (χ4n) is 3.68. The van der Waals surface area contributed by atoms with Crippen LogP contribution in [0.4, 0.5) is 5.69 Å². The highest BCUT2D eigenvalue weighted by molar-refractivity contribution is 5.97. The number of hydrogen-bond donors (Lipinski definition) is 1. The van der Waals surface area contributed by atoms with Gasteiger partial charge in [0.05, 0.1) is 11.7 Å². The van der Waals surface area contributed by atoms with Crippen molar-refractivity contribution < 1.29 is 4.79 Å². The summed E-state index contributed by atoms with van der Waals surface area (Å²) in [5.41, 5.74) is 5.53. The Hall–Kier alpha value is -3.28. The molecule has 1 atom stereocenters. The third kappa shape index (κ3) is 4.48. The molecule has 1 aliphatic heterocycles. The predicted octanol–water partition coefficient (Wildman–Crippen LogP) is 4.25. The van der Waals surface area contributed by atoms with Gasteiger partial charge >= 0.3 is 0 Å². The smallest absolute Gasteiger partial charge is 0.251 e. The number of carbonyl (C=O) groups excluding carboxylic acids is 1. The Morgan fingerprint density at radius 1 is 1.00 bits per heavy atom. The maximum Gasteiger partial charge on any atom is 0.251 e. The molecular weight excluding hydrogens is 374 g/mol. The molecule has 0 unspecified atom stereocenters. The molecule has 0 bridgehead atoms. The summed E-state index contributed by atoms with van der Waals surface area (Å²) in [5, 5.41) is 3.08. The third-order valence-electron chi connectivity index (χ3n) is 5.51. The van der Waals surface area contributed by atoms with Crippen LogP contribution in [-0.2, 0) is 0 Å². The minimum atomic E-state index is -0.186. The van der Waals surface area contributed by atoms with Crippen LogP contribution < -0.4 is 10.2 Å². The number of aromatic nitrogens is 3. The molecule has 1 N–H and O–H groups in total. The van der Waals surface area contributed by atoms with E-state index < -0.39 is 0 Å². The van der Waals surface area contributed by atoms with Crippen molar-refractivity contribution in [2.75, 3.05) is 18.0 Å². The number of rotatable bonds is 5. The number of aryl methyl sites for hydroxylation is 2. The van der Waals surface area contributed by atoms with Gasteiger partial charge in [-0.1, -0.05) is 6.07 Å². The second-order valence-corrected chi connectivity index (χ2v) is 7.94. The molecule has 1 aliphatic rings. The molecule has 30 heavy (non-hydrogen) atoms. The van der Waals surface area contributed by atoms with E-state index in [1.54, 1.807) is 12.4 Å². The Morgan fingerprint density at radius 3 is 2.40 bits per heavy atom. The zero-order chi connectivity index (χ0) is 21.1. The second kappa shape index (κ2) is 8.61. The molecule has 3 aromatic rings. The molecule has 0 saturated carbocycles. The summed E-state index contributed by atoms with van der Waals surface area (Å²) in [6.07, 6.45) is 7.74. The highest BCUT2D eigenvalue weighted by Crippen LogP contribution is 2.28. The van der Waals surface area contributed by atoms with Crippen molar-refractivity contribution in [2.24, 2.45) is 0 Å². The van der Waals surface area contributed by atoms with E-state index in [2.05, 4.69) is 31.2 Å². The molecule has 1 amide bonds. The normalized spacial score (nSPS) is 14.6. The summed E-state index contributed by atoms with van der Waals surface area (Å²) >= 11 is 0. The number of hydrogen-bond acceptors (Lipinski definition) is 5. The van der Waals surface area contributed by atoms with Crippen molar-refractivity contribution in [3.05, 3.63) is 71.4 Å². The van der Waals surface area contributed by atoms with Crippen LogP contribution >= 0.6 is 0 Å². The Bertz CT molecular complexity index is 1020. The molecule has 154 valence electrons. The molecule has 6 nitrogen and oxygen atoms in total. The first-order chi connectivity index (χ1) is 14.5. The molecule has 1 aromatic carbocycles. The Kier molecular flexibility index (Phi) is 5.74. The van der Waals surface area contributed by atoms with Gasteiger partial charge in [0, 0.05) is 54.1 Å². The molecule has 1 fully saturated rings. The maximum atomic E-state index is 13.1. The molecular formula is C24H27N5O. The van der Waals surface area contributed by atoms with Gasteiger partial charge in [-0.2, -0.15) is 0 Å². The minimum absolute atomic E-state index is 0.113. The van der Waals surface area contributed by atoms with Crippen LogP contribution in [0.2, 0.25) is 0 Å². The van der Waals surface area contributed by atoms with Gasteiger partial charge < -0.3 is 10.2 Å². The van der Waals surface area contributed by atoms with E-state index in [4.69, 9.17) is 0 Å². The van der Waals surface area contributed by atoms with Crippen molar-refractivity contribution >= 4 is 11.6 Å². The van der Waals surface area contributed by atoms with E-state index in [0.717, 1.165) is 41.2 Å². The van der Waals surface area contributed by atoms with Gasteiger partial charge in [0.25, 0.3) is 5.91 Å². The van der Waals surface area contributed by atoms with Crippen LogP contribution in [0.1, 0.15) is 53.1 Å². The van der Waals surface area contributed by atoms with Crippen LogP contribution in [0.15, 0.2) is 48.9 Å². The largest absolute Gasteiger partial charge is 0.371 e. The second-order valence-electron chi connectivity index (χ2n) is 7.94. The first kappa shape index (κ1) is 20.0. The van der Waals surface area contributed by atoms with Crippen molar-refractivity contribution in [3.63, 3.8) is 0 Å². The molecule has 2 aromatic heterocycles. The van der Waals surface area contributed by atoms with Gasteiger partial charge in [0.1, 0.15) is 5.82 Å². The lowest BCUT2D eigenvalue weighted by atomic mass is 10.0. The van der Waals surface area contributed by atoms with Gasteiger partial charge in [0.2, 0.25) is 0 Å². The van der Waals surface area contributed by atoms with Gasteiger partial charge in [-0.05, 0) is 63.4 Å². The monoisotopic (exact) mass is 401 g/mol. The number of nitrogens with zero attached hydrogens (tertiary/aromatic N) is 4. The summed E-state index contributed by atoms with van der Waals surface area (Å²) in [7, 11) is 0. The fraction of sp³-hybridized carbons (Fsp3) is 0.333. The SMILES string of the molecule is Cc1ccc(-c2cc(C(=O)N[C@H](C)c3cnc(C)nc3)cc(N3CCCC3)c2)nc1. The molecule has 0 spiro atoms. The standard InChI is InChI=1S/C24H27N5O/c1-16-6-7-23(27-13-16)19-10-20(12-22(11-19)29-8-4-5-9-29)24(30)28-17(2)21-14-25-18(3)26-15-21/h6-7,10-15,17H,4-5,8-9H2,1-3H3,(H,28,30)/t17-/m1/s1. The zero-order valence-electron chi connectivity index (χ0n) is 17.7. The van der Waals surface area contributed by atoms with E-state index >= 15 is 0 Å². The van der Waals surface area contributed by atoms with Gasteiger partial charge in [-0.15, -0.1) is 0 Å². The van der Waals surface area contributed by atoms with Crippen LogP contribution in [0.25, 0.3) is 11.3 Å². The third-order valence-corrected chi connectivity index (χ3v) is 5.51. The van der Waals surface area contributed by atoms with Crippen molar-refractivity contribution in [2.45, 2.75) is 39.7 Å². The summed E-state index contributed by atoms with van der Waals surface area (Å²) in [6.45, 7) is 7.84. The van der Waals surface area contributed by atoms with Crippen LogP contribution in [-0.4, -0.2) is 33.9 Å². The van der Waals surface area contributed by atoms with Crippen molar-refractivity contribution in [1.82, 2.24) is 20.3 Å². The quantitative estimate of drug-likeness (QED) is 0.692. The van der Waals surface area contributed by atoms with Gasteiger partial charge in [0.15, 0.2) is 0 Å². The van der Waals surface area contributed by atoms with E-state index in [9.17, 15) is 4.79 Å².